The van der Waals surface area contributed by atoms with Gasteiger partial charge >= 0.3 is 0 Å². The highest BCUT2D eigenvalue weighted by atomic mass is 16.1. The number of benzene rings is 2. The number of anilines is 1. The van der Waals surface area contributed by atoms with E-state index in [0.29, 0.717) is 16.8 Å². The lowest BCUT2D eigenvalue weighted by Crippen LogP contribution is -2.07. The predicted molar refractivity (Wildman–Crippen MR) is 82.6 cm³/mol. The van der Waals surface area contributed by atoms with Crippen LogP contribution < -0.4 is 5.73 Å². The molecule has 0 saturated heterocycles. The third kappa shape index (κ3) is 2.43. The van der Waals surface area contributed by atoms with Gasteiger partial charge in [-0.3, -0.25) is 4.79 Å². The molecule has 0 aliphatic heterocycles. The zero-order valence-corrected chi connectivity index (χ0v) is 11.7. The van der Waals surface area contributed by atoms with Crippen molar-refractivity contribution < 1.29 is 4.79 Å². The quantitative estimate of drug-likeness (QED) is 0.591. The van der Waals surface area contributed by atoms with Crippen molar-refractivity contribution in [2.45, 2.75) is 6.92 Å². The van der Waals surface area contributed by atoms with E-state index in [2.05, 4.69) is 5.10 Å². The van der Waals surface area contributed by atoms with Crippen molar-refractivity contribution >= 4 is 11.5 Å². The number of nitrogens with two attached hydrogens (primary N) is 1. The minimum absolute atomic E-state index is 0.104. The Morgan fingerprint density at radius 3 is 2.57 bits per heavy atom. The molecule has 0 aliphatic carbocycles. The summed E-state index contributed by atoms with van der Waals surface area (Å²) in [5, 5.41) is 4.25. The van der Waals surface area contributed by atoms with Crippen LogP contribution in [0.25, 0.3) is 5.69 Å². The highest BCUT2D eigenvalue weighted by Crippen LogP contribution is 2.20. The topological polar surface area (TPSA) is 60.9 Å². The average Bonchev–Trinajstić information content (AvgIpc) is 2.97. The highest BCUT2D eigenvalue weighted by Gasteiger charge is 2.16. The van der Waals surface area contributed by atoms with Crippen LogP contribution in [0.15, 0.2) is 60.9 Å². The standard InChI is InChI=1S/C17H15N3O/c1-12-6-5-9-15(18)16(12)17(21)13-10-19-20(11-13)14-7-3-2-4-8-14/h2-11H,18H2,1H3. The first kappa shape index (κ1) is 13.1. The van der Waals surface area contributed by atoms with Crippen molar-refractivity contribution in [2.75, 3.05) is 5.73 Å². The summed E-state index contributed by atoms with van der Waals surface area (Å²) in [5.41, 5.74) is 9.28. The molecule has 1 heterocycles. The van der Waals surface area contributed by atoms with E-state index in [1.807, 2.05) is 49.4 Å². The maximum Gasteiger partial charge on any atom is 0.198 e. The molecule has 0 fully saturated rings. The zero-order valence-electron chi connectivity index (χ0n) is 11.7. The van der Waals surface area contributed by atoms with Crippen LogP contribution in [-0.2, 0) is 0 Å². The first-order chi connectivity index (χ1) is 10.2. The van der Waals surface area contributed by atoms with Gasteiger partial charge in [0.15, 0.2) is 5.78 Å². The number of para-hydroxylation sites is 1. The van der Waals surface area contributed by atoms with E-state index in [9.17, 15) is 4.79 Å². The molecule has 0 bridgehead atoms. The number of aryl methyl sites for hydroxylation is 1. The van der Waals surface area contributed by atoms with Crippen LogP contribution in [0.3, 0.4) is 0 Å². The van der Waals surface area contributed by atoms with Gasteiger partial charge in [0.1, 0.15) is 0 Å². The Labute approximate surface area is 122 Å². The maximum absolute atomic E-state index is 12.6. The molecule has 0 spiro atoms. The Hall–Kier alpha value is -2.88. The molecular formula is C17H15N3O. The van der Waals surface area contributed by atoms with E-state index in [0.717, 1.165) is 11.3 Å². The maximum atomic E-state index is 12.6. The normalized spacial score (nSPS) is 10.5. The van der Waals surface area contributed by atoms with Crippen molar-refractivity contribution in [1.29, 1.82) is 0 Å². The van der Waals surface area contributed by atoms with E-state index < -0.39 is 0 Å². The molecule has 2 aromatic carbocycles. The van der Waals surface area contributed by atoms with E-state index in [1.54, 1.807) is 23.1 Å². The third-order valence-corrected chi connectivity index (χ3v) is 3.40. The van der Waals surface area contributed by atoms with E-state index in [-0.39, 0.29) is 5.78 Å². The number of hydrogen-bond acceptors (Lipinski definition) is 3. The first-order valence-electron chi connectivity index (χ1n) is 6.66. The number of nitrogen functional groups attached to an aromatic ring is 1. The van der Waals surface area contributed by atoms with Gasteiger partial charge in [0.25, 0.3) is 0 Å². The molecule has 0 saturated carbocycles. The Kier molecular flexibility index (Phi) is 3.28. The number of carbonyl (C=O) groups is 1. The fourth-order valence-corrected chi connectivity index (χ4v) is 2.31. The third-order valence-electron chi connectivity index (χ3n) is 3.40. The van der Waals surface area contributed by atoms with Gasteiger partial charge in [0, 0.05) is 17.4 Å². The minimum atomic E-state index is -0.104. The van der Waals surface area contributed by atoms with Gasteiger partial charge in [-0.05, 0) is 30.7 Å². The van der Waals surface area contributed by atoms with Gasteiger partial charge in [0.05, 0.1) is 17.4 Å². The Morgan fingerprint density at radius 2 is 1.86 bits per heavy atom. The molecule has 2 N–H and O–H groups in total. The first-order valence-corrected chi connectivity index (χ1v) is 6.66. The summed E-state index contributed by atoms with van der Waals surface area (Å²) < 4.78 is 1.68. The summed E-state index contributed by atoms with van der Waals surface area (Å²) in [6.07, 6.45) is 3.30. The molecule has 1 aromatic heterocycles. The van der Waals surface area contributed by atoms with Crippen LogP contribution in [0.1, 0.15) is 21.5 Å². The number of ketones is 1. The Morgan fingerprint density at radius 1 is 1.10 bits per heavy atom. The second-order valence-electron chi connectivity index (χ2n) is 4.88. The van der Waals surface area contributed by atoms with Crippen molar-refractivity contribution in [3.8, 4) is 5.69 Å². The van der Waals surface area contributed by atoms with Crippen molar-refractivity contribution in [1.82, 2.24) is 9.78 Å². The summed E-state index contributed by atoms with van der Waals surface area (Å²) in [6, 6.07) is 15.1. The molecule has 21 heavy (non-hydrogen) atoms. The van der Waals surface area contributed by atoms with E-state index >= 15 is 0 Å². The van der Waals surface area contributed by atoms with Crippen LogP contribution >= 0.6 is 0 Å². The predicted octanol–water partition coefficient (Wildman–Crippen LogP) is 2.99. The Balaban J connectivity index is 1.99. The van der Waals surface area contributed by atoms with E-state index in [1.165, 1.54) is 0 Å². The number of aromatic nitrogens is 2. The lowest BCUT2D eigenvalue weighted by Gasteiger charge is -2.06. The fraction of sp³-hybridized carbons (Fsp3) is 0.0588. The SMILES string of the molecule is Cc1cccc(N)c1C(=O)c1cnn(-c2ccccc2)c1. The minimum Gasteiger partial charge on any atom is -0.398 e. The van der Waals surface area contributed by atoms with Gasteiger partial charge in [-0.2, -0.15) is 5.10 Å². The monoisotopic (exact) mass is 277 g/mol. The highest BCUT2D eigenvalue weighted by molar-refractivity contribution is 6.12. The van der Waals surface area contributed by atoms with Crippen molar-refractivity contribution in [3.63, 3.8) is 0 Å². The largest absolute Gasteiger partial charge is 0.398 e. The van der Waals surface area contributed by atoms with Crippen molar-refractivity contribution in [2.24, 2.45) is 0 Å². The molecule has 0 unspecified atom stereocenters. The second kappa shape index (κ2) is 5.25. The van der Waals surface area contributed by atoms with Crippen LogP contribution in [0, 0.1) is 6.92 Å². The number of rotatable bonds is 3. The van der Waals surface area contributed by atoms with Gasteiger partial charge in [-0.15, -0.1) is 0 Å². The average molecular weight is 277 g/mol. The molecule has 4 nitrogen and oxygen atoms in total. The van der Waals surface area contributed by atoms with Crippen molar-refractivity contribution in [3.05, 3.63) is 77.6 Å². The van der Waals surface area contributed by atoms with Gasteiger partial charge in [-0.25, -0.2) is 4.68 Å². The van der Waals surface area contributed by atoms with Gasteiger partial charge in [-0.1, -0.05) is 30.3 Å². The summed E-state index contributed by atoms with van der Waals surface area (Å²) >= 11 is 0. The van der Waals surface area contributed by atoms with Crippen LogP contribution in [0.5, 0.6) is 0 Å². The van der Waals surface area contributed by atoms with Gasteiger partial charge < -0.3 is 5.73 Å². The Bertz CT molecular complexity index is 771. The van der Waals surface area contributed by atoms with Crippen LogP contribution in [-0.4, -0.2) is 15.6 Å². The second-order valence-corrected chi connectivity index (χ2v) is 4.88. The molecule has 4 heteroatoms. The molecule has 0 radical (unpaired) electrons. The summed E-state index contributed by atoms with van der Waals surface area (Å²) in [6.45, 7) is 1.88. The molecule has 0 aliphatic rings. The van der Waals surface area contributed by atoms with Gasteiger partial charge in [0.2, 0.25) is 0 Å². The lowest BCUT2D eigenvalue weighted by atomic mass is 9.99. The molecule has 3 rings (SSSR count). The number of carbonyl (C=O) groups excluding carboxylic acids is 1. The molecular weight excluding hydrogens is 262 g/mol. The molecule has 3 aromatic rings. The summed E-state index contributed by atoms with van der Waals surface area (Å²) in [4.78, 5) is 12.6. The number of nitrogens with zero attached hydrogens (tertiary/aromatic N) is 2. The molecule has 104 valence electrons. The summed E-state index contributed by atoms with van der Waals surface area (Å²) in [5.74, 6) is -0.104. The molecule has 0 atom stereocenters. The molecule has 0 amide bonds. The lowest BCUT2D eigenvalue weighted by molar-refractivity contribution is 0.103. The van der Waals surface area contributed by atoms with E-state index in [4.69, 9.17) is 5.73 Å². The smallest absolute Gasteiger partial charge is 0.198 e. The van der Waals surface area contributed by atoms with Crippen LogP contribution in [0.2, 0.25) is 0 Å². The zero-order chi connectivity index (χ0) is 14.8. The van der Waals surface area contributed by atoms with Crippen LogP contribution in [0.4, 0.5) is 5.69 Å². The number of hydrogen-bond donors (Lipinski definition) is 1. The summed E-state index contributed by atoms with van der Waals surface area (Å²) in [7, 11) is 0. The fourth-order valence-electron chi connectivity index (χ4n) is 2.31.